The van der Waals surface area contributed by atoms with Crippen LogP contribution < -0.4 is 9.47 Å². The second-order valence-corrected chi connectivity index (χ2v) is 6.69. The lowest BCUT2D eigenvalue weighted by atomic mass is 9.91. The molecule has 0 fully saturated rings. The molecule has 0 amide bonds. The zero-order valence-corrected chi connectivity index (χ0v) is 15.3. The second kappa shape index (κ2) is 7.24. The third-order valence-electron chi connectivity index (χ3n) is 4.81. The Balaban J connectivity index is 2.41. The molecule has 1 aliphatic rings. The zero-order chi connectivity index (χ0) is 17.9. The molecule has 1 aromatic carbocycles. The van der Waals surface area contributed by atoms with Crippen molar-refractivity contribution in [1.29, 1.82) is 0 Å². The van der Waals surface area contributed by atoms with Crippen molar-refractivity contribution in [3.05, 3.63) is 32.9 Å². The monoisotopic (exact) mass is 333 g/mol. The molecule has 1 aromatic rings. The average Bonchev–Trinajstić information content (AvgIpc) is 2.55. The van der Waals surface area contributed by atoms with Gasteiger partial charge < -0.3 is 9.47 Å². The number of rotatable bonds is 7. The Morgan fingerprint density at radius 1 is 1.25 bits per heavy atom. The van der Waals surface area contributed by atoms with Crippen LogP contribution in [0.25, 0.3) is 6.08 Å². The molecular weight excluding hydrogens is 306 g/mol. The summed E-state index contributed by atoms with van der Waals surface area (Å²) in [6, 6.07) is 0. The van der Waals surface area contributed by atoms with Crippen LogP contribution in [0.15, 0.2) is 6.08 Å². The van der Waals surface area contributed by atoms with Crippen molar-refractivity contribution in [2.75, 3.05) is 7.11 Å². The van der Waals surface area contributed by atoms with Crippen molar-refractivity contribution < 1.29 is 14.4 Å². The van der Waals surface area contributed by atoms with Crippen molar-refractivity contribution in [3.8, 4) is 11.5 Å². The fourth-order valence-corrected chi connectivity index (χ4v) is 3.23. The molecule has 1 atom stereocenters. The van der Waals surface area contributed by atoms with E-state index in [-0.39, 0.29) is 10.6 Å². The lowest BCUT2D eigenvalue weighted by Crippen LogP contribution is -2.32. The van der Waals surface area contributed by atoms with Gasteiger partial charge in [0.05, 0.1) is 17.6 Å². The van der Waals surface area contributed by atoms with Crippen LogP contribution in [0.5, 0.6) is 11.5 Å². The Hall–Kier alpha value is -2.04. The molecule has 0 N–H and O–H groups in total. The van der Waals surface area contributed by atoms with Gasteiger partial charge in [-0.25, -0.2) is 0 Å². The van der Waals surface area contributed by atoms with Crippen molar-refractivity contribution in [3.63, 3.8) is 0 Å². The minimum Gasteiger partial charge on any atom is -0.490 e. The van der Waals surface area contributed by atoms with E-state index >= 15 is 0 Å². The van der Waals surface area contributed by atoms with Crippen molar-refractivity contribution >= 4 is 11.8 Å². The van der Waals surface area contributed by atoms with Gasteiger partial charge in [-0.05, 0) is 51.3 Å². The van der Waals surface area contributed by atoms with E-state index in [4.69, 9.17) is 9.47 Å². The minimum atomic E-state index is -0.416. The zero-order valence-electron chi connectivity index (χ0n) is 15.3. The van der Waals surface area contributed by atoms with E-state index in [1.54, 1.807) is 0 Å². The van der Waals surface area contributed by atoms with Crippen LogP contribution >= 0.6 is 0 Å². The summed E-state index contributed by atoms with van der Waals surface area (Å²) >= 11 is 0. The van der Waals surface area contributed by atoms with Crippen molar-refractivity contribution in [2.24, 2.45) is 0 Å². The summed E-state index contributed by atoms with van der Waals surface area (Å²) in [5.74, 6) is 0.927. The van der Waals surface area contributed by atoms with Crippen LogP contribution in [0.2, 0.25) is 0 Å². The van der Waals surface area contributed by atoms with Gasteiger partial charge in [0.15, 0.2) is 0 Å². The van der Waals surface area contributed by atoms with Crippen LogP contribution in [0.4, 0.5) is 5.69 Å². The van der Waals surface area contributed by atoms with Crippen LogP contribution in [-0.4, -0.2) is 17.6 Å². The summed E-state index contributed by atoms with van der Waals surface area (Å²) < 4.78 is 11.6. The Morgan fingerprint density at radius 3 is 2.54 bits per heavy atom. The Labute approximate surface area is 143 Å². The maximum Gasteiger partial charge on any atom is 0.322 e. The number of nitro groups is 1. The first-order valence-electron chi connectivity index (χ1n) is 8.58. The number of hydrogen-bond donors (Lipinski definition) is 0. The third kappa shape index (κ3) is 3.40. The van der Waals surface area contributed by atoms with E-state index in [2.05, 4.69) is 6.92 Å². The standard InChI is InChI=1S/C19H27NO4/c1-6-7-8-9-11-19(4)12-10-15-16(20(21)22)18(23-5)14(3)13(2)17(15)24-19/h10,12H,6-9,11H2,1-5H3. The number of nitro benzene ring substituents is 1. The Bertz CT molecular complexity index is 666. The summed E-state index contributed by atoms with van der Waals surface area (Å²) in [6.45, 7) is 8.00. The topological polar surface area (TPSA) is 61.6 Å². The highest BCUT2D eigenvalue weighted by molar-refractivity contribution is 5.78. The van der Waals surface area contributed by atoms with Crippen LogP contribution in [0, 0.1) is 24.0 Å². The molecule has 5 nitrogen and oxygen atoms in total. The van der Waals surface area contributed by atoms with Gasteiger partial charge in [0, 0.05) is 5.56 Å². The molecule has 24 heavy (non-hydrogen) atoms. The maximum atomic E-state index is 11.6. The smallest absolute Gasteiger partial charge is 0.322 e. The van der Waals surface area contributed by atoms with E-state index in [9.17, 15) is 10.1 Å². The molecule has 0 radical (unpaired) electrons. The van der Waals surface area contributed by atoms with Gasteiger partial charge in [0.25, 0.3) is 0 Å². The van der Waals surface area contributed by atoms with Gasteiger partial charge in [0.1, 0.15) is 11.4 Å². The van der Waals surface area contributed by atoms with Gasteiger partial charge in [-0.2, -0.15) is 0 Å². The van der Waals surface area contributed by atoms with Crippen LogP contribution in [0.3, 0.4) is 0 Å². The minimum absolute atomic E-state index is 0.0140. The highest BCUT2D eigenvalue weighted by atomic mass is 16.6. The van der Waals surface area contributed by atoms with E-state index < -0.39 is 5.60 Å². The van der Waals surface area contributed by atoms with Gasteiger partial charge >= 0.3 is 5.69 Å². The lowest BCUT2D eigenvalue weighted by molar-refractivity contribution is -0.386. The van der Waals surface area contributed by atoms with E-state index in [0.29, 0.717) is 17.1 Å². The van der Waals surface area contributed by atoms with Crippen molar-refractivity contribution in [1.82, 2.24) is 0 Å². The molecule has 132 valence electrons. The molecule has 2 rings (SSSR count). The second-order valence-electron chi connectivity index (χ2n) is 6.69. The molecule has 0 aliphatic carbocycles. The molecule has 0 spiro atoms. The summed E-state index contributed by atoms with van der Waals surface area (Å²) in [6.07, 6.45) is 9.35. The average molecular weight is 333 g/mol. The summed E-state index contributed by atoms with van der Waals surface area (Å²) in [5, 5.41) is 11.6. The first kappa shape index (κ1) is 18.3. The maximum absolute atomic E-state index is 11.6. The van der Waals surface area contributed by atoms with Gasteiger partial charge in [-0.1, -0.05) is 26.2 Å². The number of nitrogens with zero attached hydrogens (tertiary/aromatic N) is 1. The Morgan fingerprint density at radius 2 is 1.96 bits per heavy atom. The molecule has 1 heterocycles. The summed E-state index contributed by atoms with van der Waals surface area (Å²) in [7, 11) is 1.46. The number of benzene rings is 1. The summed E-state index contributed by atoms with van der Waals surface area (Å²) in [4.78, 5) is 11.2. The largest absolute Gasteiger partial charge is 0.490 e. The number of methoxy groups -OCH3 is 1. The lowest BCUT2D eigenvalue weighted by Gasteiger charge is -2.33. The predicted molar refractivity (Wildman–Crippen MR) is 95.9 cm³/mol. The number of hydrogen-bond acceptors (Lipinski definition) is 4. The van der Waals surface area contributed by atoms with E-state index in [1.165, 1.54) is 26.4 Å². The SMILES string of the molecule is CCCCCCC1(C)C=Cc2c(c(C)c(C)c(OC)c2[N+](=O)[O-])O1. The molecule has 0 saturated carbocycles. The number of ether oxygens (including phenoxy) is 2. The van der Waals surface area contributed by atoms with Gasteiger partial charge in [-0.15, -0.1) is 0 Å². The number of unbranched alkanes of at least 4 members (excludes halogenated alkanes) is 3. The van der Waals surface area contributed by atoms with Crippen LogP contribution in [-0.2, 0) is 0 Å². The molecule has 0 bridgehead atoms. The molecule has 0 aromatic heterocycles. The number of fused-ring (bicyclic) bond motifs is 1. The molecular formula is C19H27NO4. The van der Waals surface area contributed by atoms with Gasteiger partial charge in [-0.3, -0.25) is 10.1 Å². The quantitative estimate of drug-likeness (QED) is 0.383. The first-order valence-corrected chi connectivity index (χ1v) is 8.58. The van der Waals surface area contributed by atoms with Crippen LogP contribution in [0.1, 0.15) is 62.6 Å². The molecule has 1 aliphatic heterocycles. The Kier molecular flexibility index (Phi) is 5.52. The fourth-order valence-electron chi connectivity index (χ4n) is 3.23. The van der Waals surface area contributed by atoms with E-state index in [1.807, 2.05) is 32.9 Å². The molecule has 1 unspecified atom stereocenters. The predicted octanol–water partition coefficient (Wildman–Crippen LogP) is 5.35. The molecule has 0 saturated heterocycles. The van der Waals surface area contributed by atoms with Crippen molar-refractivity contribution in [2.45, 2.75) is 65.4 Å². The molecule has 5 heteroatoms. The summed E-state index contributed by atoms with van der Waals surface area (Å²) in [5.41, 5.74) is 1.73. The van der Waals surface area contributed by atoms with E-state index in [0.717, 1.165) is 24.0 Å². The first-order chi connectivity index (χ1) is 11.3. The normalized spacial score (nSPS) is 18.9. The van der Waals surface area contributed by atoms with Gasteiger partial charge in [0.2, 0.25) is 5.75 Å². The highest BCUT2D eigenvalue weighted by Gasteiger charge is 2.35. The fraction of sp³-hybridized carbons (Fsp3) is 0.579. The third-order valence-corrected chi connectivity index (χ3v) is 4.81. The highest BCUT2D eigenvalue weighted by Crippen LogP contribution is 2.47.